The molecule has 0 fully saturated rings. The summed E-state index contributed by atoms with van der Waals surface area (Å²) in [6.45, 7) is 8.11. The number of guanidine groups is 1. The molecule has 0 spiro atoms. The molecule has 0 atom stereocenters. The average Bonchev–Trinajstić information content (AvgIpc) is 2.64. The highest BCUT2D eigenvalue weighted by Gasteiger charge is 2.10. The van der Waals surface area contributed by atoms with Crippen LogP contribution in [0.25, 0.3) is 0 Å². The first kappa shape index (κ1) is 24.9. The van der Waals surface area contributed by atoms with Gasteiger partial charge in [-0.1, -0.05) is 25.0 Å². The number of carbonyl (C=O) groups excluding carboxylic acids is 1. The van der Waals surface area contributed by atoms with Crippen molar-refractivity contribution in [2.45, 2.75) is 64.3 Å². The summed E-state index contributed by atoms with van der Waals surface area (Å²) in [7, 11) is -3.21. The van der Waals surface area contributed by atoms with Crippen LogP contribution < -0.4 is 10.6 Å². The predicted molar refractivity (Wildman–Crippen MR) is 117 cm³/mol. The van der Waals surface area contributed by atoms with Gasteiger partial charge in [0.2, 0.25) is 0 Å². The summed E-state index contributed by atoms with van der Waals surface area (Å²) in [6, 6.07) is 5.32. The number of benzene rings is 1. The lowest BCUT2D eigenvalue weighted by Gasteiger charge is -2.12. The summed E-state index contributed by atoms with van der Waals surface area (Å²) in [5.41, 5.74) is 1.70. The van der Waals surface area contributed by atoms with Crippen molar-refractivity contribution in [3.8, 4) is 0 Å². The van der Waals surface area contributed by atoms with Crippen LogP contribution in [0.1, 0.15) is 57.1 Å². The zero-order valence-corrected chi connectivity index (χ0v) is 18.9. The standard InChI is InChI=1S/C21H35N3O4S/c1-5-22-21(23-14-10-8-7-9-11-20(25)28-6-2)24-16-18-12-13-19(17(3)15-18)29(4,26)27/h12-13,15H,5-11,14,16H2,1-4H3,(H2,22,23,24). The molecule has 1 aromatic rings. The Balaban J connectivity index is 2.43. The first-order chi connectivity index (χ1) is 13.8. The number of unbranched alkanes of at least 4 members (excludes halogenated alkanes) is 3. The lowest BCUT2D eigenvalue weighted by molar-refractivity contribution is -0.143. The summed E-state index contributed by atoms with van der Waals surface area (Å²) < 4.78 is 28.4. The zero-order valence-electron chi connectivity index (χ0n) is 18.1. The van der Waals surface area contributed by atoms with E-state index in [1.165, 1.54) is 6.26 Å². The van der Waals surface area contributed by atoms with Crippen molar-refractivity contribution in [2.24, 2.45) is 4.99 Å². The normalized spacial score (nSPS) is 11.9. The summed E-state index contributed by atoms with van der Waals surface area (Å²) >= 11 is 0. The highest BCUT2D eigenvalue weighted by atomic mass is 32.2. The van der Waals surface area contributed by atoms with E-state index in [9.17, 15) is 13.2 Å². The molecule has 0 saturated heterocycles. The lowest BCUT2D eigenvalue weighted by atomic mass is 10.1. The number of aryl methyl sites for hydroxylation is 1. The van der Waals surface area contributed by atoms with E-state index >= 15 is 0 Å². The molecule has 0 amide bonds. The number of hydrogen-bond acceptors (Lipinski definition) is 5. The van der Waals surface area contributed by atoms with Gasteiger partial charge in [0.25, 0.3) is 0 Å². The summed E-state index contributed by atoms with van der Waals surface area (Å²) in [6.07, 6.45) is 5.60. The van der Waals surface area contributed by atoms with Crippen LogP contribution >= 0.6 is 0 Å². The Morgan fingerprint density at radius 1 is 1.10 bits per heavy atom. The maximum atomic E-state index is 11.7. The minimum atomic E-state index is -3.21. The zero-order chi connectivity index (χ0) is 21.7. The molecule has 164 valence electrons. The van der Waals surface area contributed by atoms with E-state index in [1.807, 2.05) is 19.9 Å². The Morgan fingerprint density at radius 2 is 1.83 bits per heavy atom. The molecule has 7 nitrogen and oxygen atoms in total. The third-order valence-electron chi connectivity index (χ3n) is 4.31. The third kappa shape index (κ3) is 10.3. The maximum Gasteiger partial charge on any atom is 0.305 e. The van der Waals surface area contributed by atoms with Gasteiger partial charge in [0, 0.05) is 25.8 Å². The van der Waals surface area contributed by atoms with Crippen LogP contribution in [0.2, 0.25) is 0 Å². The van der Waals surface area contributed by atoms with Crippen molar-refractivity contribution >= 4 is 21.8 Å². The summed E-state index contributed by atoms with van der Waals surface area (Å²) in [5, 5.41) is 6.53. The third-order valence-corrected chi connectivity index (χ3v) is 5.57. The monoisotopic (exact) mass is 425 g/mol. The van der Waals surface area contributed by atoms with Crippen molar-refractivity contribution in [1.29, 1.82) is 0 Å². The lowest BCUT2D eigenvalue weighted by Crippen LogP contribution is -2.37. The molecule has 0 aliphatic carbocycles. The maximum absolute atomic E-state index is 11.7. The number of nitrogens with zero attached hydrogens (tertiary/aromatic N) is 1. The van der Waals surface area contributed by atoms with Crippen LogP contribution in [0.5, 0.6) is 0 Å². The average molecular weight is 426 g/mol. The number of esters is 1. The SMILES string of the molecule is CCNC(=NCc1ccc(S(C)(=O)=O)c(C)c1)NCCCCCCC(=O)OCC. The number of aliphatic imine (C=N–C) groups is 1. The molecule has 0 bridgehead atoms. The number of sulfone groups is 1. The van der Waals surface area contributed by atoms with Crippen molar-refractivity contribution in [1.82, 2.24) is 10.6 Å². The Hall–Kier alpha value is -2.09. The first-order valence-electron chi connectivity index (χ1n) is 10.2. The topological polar surface area (TPSA) is 96.9 Å². The van der Waals surface area contributed by atoms with Crippen LogP contribution in [0.15, 0.2) is 28.1 Å². The Bertz CT molecular complexity index is 776. The van der Waals surface area contributed by atoms with E-state index in [1.54, 1.807) is 19.1 Å². The molecule has 0 unspecified atom stereocenters. The van der Waals surface area contributed by atoms with Gasteiger partial charge >= 0.3 is 5.97 Å². The fourth-order valence-corrected chi connectivity index (χ4v) is 3.88. The van der Waals surface area contributed by atoms with E-state index in [-0.39, 0.29) is 5.97 Å². The van der Waals surface area contributed by atoms with Crippen molar-refractivity contribution in [3.63, 3.8) is 0 Å². The van der Waals surface area contributed by atoms with Crippen molar-refractivity contribution < 1.29 is 17.9 Å². The van der Waals surface area contributed by atoms with Crippen LogP contribution in [0.3, 0.4) is 0 Å². The number of nitrogens with one attached hydrogen (secondary N) is 2. The molecule has 0 aliphatic heterocycles. The van der Waals surface area contributed by atoms with Gasteiger partial charge in [-0.2, -0.15) is 0 Å². The fraction of sp³-hybridized carbons (Fsp3) is 0.619. The van der Waals surface area contributed by atoms with E-state index in [0.717, 1.165) is 55.9 Å². The number of rotatable bonds is 12. The largest absolute Gasteiger partial charge is 0.466 e. The summed E-state index contributed by atoms with van der Waals surface area (Å²) in [4.78, 5) is 16.2. The van der Waals surface area contributed by atoms with Crippen LogP contribution in [-0.2, 0) is 25.9 Å². The minimum Gasteiger partial charge on any atom is -0.466 e. The highest BCUT2D eigenvalue weighted by molar-refractivity contribution is 7.90. The Morgan fingerprint density at radius 3 is 2.45 bits per heavy atom. The van der Waals surface area contributed by atoms with Gasteiger partial charge in [0.1, 0.15) is 0 Å². The van der Waals surface area contributed by atoms with Crippen molar-refractivity contribution in [2.75, 3.05) is 26.0 Å². The molecule has 2 N–H and O–H groups in total. The van der Waals surface area contributed by atoms with Gasteiger partial charge in [0.15, 0.2) is 15.8 Å². The van der Waals surface area contributed by atoms with Gasteiger partial charge in [0.05, 0.1) is 18.0 Å². The number of ether oxygens (including phenoxy) is 1. The molecular formula is C21H35N3O4S. The molecule has 0 aliphatic rings. The minimum absolute atomic E-state index is 0.119. The van der Waals surface area contributed by atoms with Gasteiger partial charge in [-0.25, -0.2) is 13.4 Å². The molecular weight excluding hydrogens is 390 g/mol. The molecule has 1 rings (SSSR count). The molecule has 1 aromatic carbocycles. The van der Waals surface area contributed by atoms with E-state index < -0.39 is 9.84 Å². The van der Waals surface area contributed by atoms with Gasteiger partial charge < -0.3 is 15.4 Å². The Labute approximate surface area is 175 Å². The van der Waals surface area contributed by atoms with Crippen LogP contribution in [0.4, 0.5) is 0 Å². The Kier molecular flexibility index (Phi) is 11.3. The second-order valence-electron chi connectivity index (χ2n) is 6.96. The van der Waals surface area contributed by atoms with Gasteiger partial charge in [-0.05, 0) is 50.8 Å². The molecule has 0 heterocycles. The van der Waals surface area contributed by atoms with Crippen molar-refractivity contribution in [3.05, 3.63) is 29.3 Å². The second kappa shape index (κ2) is 13.2. The van der Waals surface area contributed by atoms with E-state index in [2.05, 4.69) is 15.6 Å². The van der Waals surface area contributed by atoms with Crippen LogP contribution in [0, 0.1) is 6.92 Å². The molecule has 29 heavy (non-hydrogen) atoms. The predicted octanol–water partition coefficient (Wildman–Crippen LogP) is 2.97. The number of hydrogen-bond donors (Lipinski definition) is 2. The van der Waals surface area contributed by atoms with E-state index in [4.69, 9.17) is 4.74 Å². The quantitative estimate of drug-likeness (QED) is 0.231. The highest BCUT2D eigenvalue weighted by Crippen LogP contribution is 2.17. The van der Waals surface area contributed by atoms with Crippen LogP contribution in [-0.4, -0.2) is 46.3 Å². The molecule has 0 aromatic heterocycles. The molecule has 0 saturated carbocycles. The molecule has 8 heteroatoms. The fourth-order valence-electron chi connectivity index (χ4n) is 2.93. The smallest absolute Gasteiger partial charge is 0.305 e. The number of carbonyl (C=O) groups is 1. The molecule has 0 radical (unpaired) electrons. The van der Waals surface area contributed by atoms with E-state index in [0.29, 0.717) is 24.5 Å². The van der Waals surface area contributed by atoms with Gasteiger partial charge in [-0.3, -0.25) is 4.79 Å². The first-order valence-corrected chi connectivity index (χ1v) is 12.1. The second-order valence-corrected chi connectivity index (χ2v) is 8.95. The summed E-state index contributed by atoms with van der Waals surface area (Å²) in [5.74, 6) is 0.621. The van der Waals surface area contributed by atoms with Gasteiger partial charge in [-0.15, -0.1) is 0 Å².